The van der Waals surface area contributed by atoms with E-state index in [1.807, 2.05) is 12.1 Å². The lowest BCUT2D eigenvalue weighted by atomic mass is 10.1. The molecule has 2 N–H and O–H groups in total. The summed E-state index contributed by atoms with van der Waals surface area (Å²) >= 11 is 1.25. The third kappa shape index (κ3) is 1.66. The lowest BCUT2D eigenvalue weighted by Gasteiger charge is -2.25. The first kappa shape index (κ1) is 10.2. The Balaban J connectivity index is 2.00. The SMILES string of the molecule is Nc1nc2c(s1)C(=O)N(c1cccnc1)CC2. The van der Waals surface area contributed by atoms with Gasteiger partial charge in [-0.2, -0.15) is 0 Å². The van der Waals surface area contributed by atoms with Gasteiger partial charge in [-0.3, -0.25) is 9.78 Å². The Labute approximate surface area is 102 Å². The maximum Gasteiger partial charge on any atom is 0.270 e. The van der Waals surface area contributed by atoms with Crippen LogP contribution in [0, 0.1) is 0 Å². The minimum atomic E-state index is -0.0338. The Hall–Kier alpha value is -1.95. The molecule has 0 saturated heterocycles. The van der Waals surface area contributed by atoms with Crippen molar-refractivity contribution in [1.29, 1.82) is 0 Å². The topological polar surface area (TPSA) is 72.1 Å². The van der Waals surface area contributed by atoms with Crippen molar-refractivity contribution in [2.24, 2.45) is 0 Å². The molecule has 0 saturated carbocycles. The van der Waals surface area contributed by atoms with E-state index in [1.54, 1.807) is 17.3 Å². The molecule has 1 aliphatic rings. The number of nitrogens with two attached hydrogens (primary N) is 1. The zero-order chi connectivity index (χ0) is 11.8. The van der Waals surface area contributed by atoms with E-state index in [1.165, 1.54) is 11.3 Å². The number of thiazole rings is 1. The molecule has 0 radical (unpaired) electrons. The van der Waals surface area contributed by atoms with Crippen LogP contribution in [-0.2, 0) is 6.42 Å². The number of fused-ring (bicyclic) bond motifs is 1. The average Bonchev–Trinajstić information content (AvgIpc) is 2.72. The minimum Gasteiger partial charge on any atom is -0.375 e. The molecule has 17 heavy (non-hydrogen) atoms. The molecule has 2 aromatic heterocycles. The van der Waals surface area contributed by atoms with Crippen molar-refractivity contribution >= 4 is 28.1 Å². The molecular weight excluding hydrogens is 236 g/mol. The number of amides is 1. The van der Waals surface area contributed by atoms with E-state index in [2.05, 4.69) is 9.97 Å². The van der Waals surface area contributed by atoms with Crippen LogP contribution in [-0.4, -0.2) is 22.4 Å². The van der Waals surface area contributed by atoms with E-state index in [-0.39, 0.29) is 5.91 Å². The molecule has 3 heterocycles. The number of nitrogens with zero attached hydrogens (tertiary/aromatic N) is 3. The number of hydrogen-bond donors (Lipinski definition) is 1. The second kappa shape index (κ2) is 3.81. The molecule has 0 atom stereocenters. The number of anilines is 2. The summed E-state index contributed by atoms with van der Waals surface area (Å²) in [5.41, 5.74) is 7.26. The number of aromatic nitrogens is 2. The Morgan fingerprint density at radius 2 is 2.35 bits per heavy atom. The molecule has 2 aromatic rings. The van der Waals surface area contributed by atoms with E-state index in [0.717, 1.165) is 17.8 Å². The molecule has 0 spiro atoms. The highest BCUT2D eigenvalue weighted by Gasteiger charge is 2.28. The van der Waals surface area contributed by atoms with Crippen LogP contribution < -0.4 is 10.6 Å². The van der Waals surface area contributed by atoms with Gasteiger partial charge in [0.05, 0.1) is 17.6 Å². The highest BCUT2D eigenvalue weighted by atomic mass is 32.1. The predicted octanol–water partition coefficient (Wildman–Crippen LogP) is 1.32. The van der Waals surface area contributed by atoms with Gasteiger partial charge in [-0.15, -0.1) is 0 Å². The van der Waals surface area contributed by atoms with Crippen LogP contribution in [0.15, 0.2) is 24.5 Å². The van der Waals surface area contributed by atoms with Gasteiger partial charge in [0, 0.05) is 19.2 Å². The molecule has 1 aliphatic heterocycles. The molecule has 1 amide bonds. The summed E-state index contributed by atoms with van der Waals surface area (Å²) in [7, 11) is 0. The second-order valence-corrected chi connectivity index (χ2v) is 4.78. The zero-order valence-corrected chi connectivity index (χ0v) is 9.78. The Morgan fingerprint density at radius 1 is 1.47 bits per heavy atom. The Kier molecular flexibility index (Phi) is 2.29. The van der Waals surface area contributed by atoms with Gasteiger partial charge < -0.3 is 10.6 Å². The summed E-state index contributed by atoms with van der Waals surface area (Å²) in [6, 6.07) is 3.69. The van der Waals surface area contributed by atoms with Crippen LogP contribution >= 0.6 is 11.3 Å². The number of pyridine rings is 1. The lowest BCUT2D eigenvalue weighted by molar-refractivity contribution is 0.0984. The fraction of sp³-hybridized carbons (Fsp3) is 0.182. The largest absolute Gasteiger partial charge is 0.375 e. The molecule has 0 aromatic carbocycles. The Morgan fingerprint density at radius 3 is 3.12 bits per heavy atom. The molecule has 6 heteroatoms. The highest BCUT2D eigenvalue weighted by Crippen LogP contribution is 2.28. The molecule has 0 fully saturated rings. The van der Waals surface area contributed by atoms with Crippen molar-refractivity contribution in [2.45, 2.75) is 6.42 Å². The van der Waals surface area contributed by atoms with Crippen LogP contribution in [0.5, 0.6) is 0 Å². The molecule has 0 aliphatic carbocycles. The average molecular weight is 246 g/mol. The van der Waals surface area contributed by atoms with E-state index < -0.39 is 0 Å². The zero-order valence-electron chi connectivity index (χ0n) is 8.96. The summed E-state index contributed by atoms with van der Waals surface area (Å²) in [6.45, 7) is 0.626. The third-order valence-electron chi connectivity index (χ3n) is 2.68. The van der Waals surface area contributed by atoms with Gasteiger partial charge in [-0.1, -0.05) is 11.3 Å². The van der Waals surface area contributed by atoms with Crippen LogP contribution in [0.1, 0.15) is 15.4 Å². The summed E-state index contributed by atoms with van der Waals surface area (Å²) in [4.78, 5) is 22.8. The van der Waals surface area contributed by atoms with Crippen molar-refractivity contribution in [3.05, 3.63) is 35.1 Å². The van der Waals surface area contributed by atoms with Gasteiger partial charge in [-0.25, -0.2) is 4.98 Å². The summed E-state index contributed by atoms with van der Waals surface area (Å²) in [6.07, 6.45) is 4.12. The van der Waals surface area contributed by atoms with Gasteiger partial charge in [0.1, 0.15) is 4.88 Å². The molecule has 3 rings (SSSR count). The van der Waals surface area contributed by atoms with Gasteiger partial charge in [0.25, 0.3) is 5.91 Å². The fourth-order valence-electron chi connectivity index (χ4n) is 1.91. The number of rotatable bonds is 1. The van der Waals surface area contributed by atoms with Gasteiger partial charge in [0.2, 0.25) is 0 Å². The third-order valence-corrected chi connectivity index (χ3v) is 3.60. The number of hydrogen-bond acceptors (Lipinski definition) is 5. The molecule has 0 bridgehead atoms. The maximum atomic E-state index is 12.2. The van der Waals surface area contributed by atoms with Crippen molar-refractivity contribution in [1.82, 2.24) is 9.97 Å². The first-order chi connectivity index (χ1) is 8.25. The van der Waals surface area contributed by atoms with Crippen LogP contribution in [0.2, 0.25) is 0 Å². The smallest absolute Gasteiger partial charge is 0.270 e. The quantitative estimate of drug-likeness (QED) is 0.823. The number of nitrogen functional groups attached to an aromatic ring is 1. The van der Waals surface area contributed by atoms with Crippen molar-refractivity contribution in [2.75, 3.05) is 17.2 Å². The van der Waals surface area contributed by atoms with Crippen molar-refractivity contribution < 1.29 is 4.79 Å². The van der Waals surface area contributed by atoms with Gasteiger partial charge >= 0.3 is 0 Å². The summed E-state index contributed by atoms with van der Waals surface area (Å²) in [5.74, 6) is -0.0338. The monoisotopic (exact) mass is 246 g/mol. The highest BCUT2D eigenvalue weighted by molar-refractivity contribution is 7.17. The van der Waals surface area contributed by atoms with Crippen molar-refractivity contribution in [3.63, 3.8) is 0 Å². The molecule has 86 valence electrons. The van der Waals surface area contributed by atoms with E-state index in [0.29, 0.717) is 16.6 Å². The van der Waals surface area contributed by atoms with Gasteiger partial charge in [0.15, 0.2) is 5.13 Å². The van der Waals surface area contributed by atoms with Crippen LogP contribution in [0.4, 0.5) is 10.8 Å². The molecule has 5 nitrogen and oxygen atoms in total. The number of carbonyl (C=O) groups is 1. The van der Waals surface area contributed by atoms with E-state index >= 15 is 0 Å². The molecular formula is C11H10N4OS. The predicted molar refractivity (Wildman–Crippen MR) is 66.1 cm³/mol. The normalized spacial score (nSPS) is 14.8. The standard InChI is InChI=1S/C11H10N4OS/c12-11-14-8-3-5-15(10(16)9(8)17-11)7-2-1-4-13-6-7/h1-2,4,6H,3,5H2,(H2,12,14). The summed E-state index contributed by atoms with van der Waals surface area (Å²) in [5, 5.41) is 0.455. The number of carbonyl (C=O) groups excluding carboxylic acids is 1. The second-order valence-electron chi connectivity index (χ2n) is 3.75. The molecule has 0 unspecified atom stereocenters. The van der Waals surface area contributed by atoms with Crippen LogP contribution in [0.3, 0.4) is 0 Å². The van der Waals surface area contributed by atoms with Gasteiger partial charge in [-0.05, 0) is 12.1 Å². The summed E-state index contributed by atoms with van der Waals surface area (Å²) < 4.78 is 0. The Bertz CT molecular complexity index is 566. The maximum absolute atomic E-state index is 12.2. The van der Waals surface area contributed by atoms with Crippen LogP contribution in [0.25, 0.3) is 0 Å². The van der Waals surface area contributed by atoms with E-state index in [4.69, 9.17) is 5.73 Å². The lowest BCUT2D eigenvalue weighted by Crippen LogP contribution is -2.36. The van der Waals surface area contributed by atoms with E-state index in [9.17, 15) is 4.79 Å². The van der Waals surface area contributed by atoms with Crippen molar-refractivity contribution in [3.8, 4) is 0 Å². The first-order valence-corrected chi connectivity index (χ1v) is 6.04. The first-order valence-electron chi connectivity index (χ1n) is 5.23. The minimum absolute atomic E-state index is 0.0338. The fourth-order valence-corrected chi connectivity index (χ4v) is 2.74.